The van der Waals surface area contributed by atoms with Crippen molar-refractivity contribution in [1.29, 1.82) is 0 Å². The van der Waals surface area contributed by atoms with E-state index in [9.17, 15) is 0 Å². The fourth-order valence-electron chi connectivity index (χ4n) is 2.76. The molecular formula is C15H24N2. The third-order valence-corrected chi connectivity index (χ3v) is 3.85. The first kappa shape index (κ1) is 12.4. The standard InChI is InChI=1S/C15H24N2/c1-4-17(5-2)11-13-9-14-8-6-7-12(3)15(14)16-10-13/h6-8,13,16H,4-5,9-11H2,1-3H3. The van der Waals surface area contributed by atoms with E-state index in [0.717, 1.165) is 25.6 Å². The Morgan fingerprint density at radius 3 is 2.76 bits per heavy atom. The number of benzene rings is 1. The molecule has 2 heteroatoms. The lowest BCUT2D eigenvalue weighted by atomic mass is 9.92. The summed E-state index contributed by atoms with van der Waals surface area (Å²) in [6, 6.07) is 6.63. The average molecular weight is 232 g/mol. The molecule has 0 bridgehead atoms. The van der Waals surface area contributed by atoms with Gasteiger partial charge in [0.2, 0.25) is 0 Å². The van der Waals surface area contributed by atoms with Crippen molar-refractivity contribution in [3.05, 3.63) is 29.3 Å². The fraction of sp³-hybridized carbons (Fsp3) is 0.600. The number of fused-ring (bicyclic) bond motifs is 1. The summed E-state index contributed by atoms with van der Waals surface area (Å²) < 4.78 is 0. The van der Waals surface area contributed by atoms with Gasteiger partial charge in [-0.3, -0.25) is 0 Å². The van der Waals surface area contributed by atoms with Gasteiger partial charge in [0.15, 0.2) is 0 Å². The van der Waals surface area contributed by atoms with Gasteiger partial charge in [-0.15, -0.1) is 0 Å². The lowest BCUT2D eigenvalue weighted by Crippen LogP contribution is -2.35. The van der Waals surface area contributed by atoms with Gasteiger partial charge in [0.25, 0.3) is 0 Å². The zero-order valence-electron chi connectivity index (χ0n) is 11.3. The van der Waals surface area contributed by atoms with Crippen LogP contribution in [0.4, 0.5) is 5.69 Å². The number of para-hydroxylation sites is 1. The number of nitrogens with one attached hydrogen (secondary N) is 1. The quantitative estimate of drug-likeness (QED) is 0.858. The molecule has 0 fully saturated rings. The Kier molecular flexibility index (Phi) is 4.06. The molecule has 0 spiro atoms. The highest BCUT2D eigenvalue weighted by atomic mass is 15.1. The van der Waals surface area contributed by atoms with Crippen LogP contribution in [0.5, 0.6) is 0 Å². The van der Waals surface area contributed by atoms with E-state index in [2.05, 4.69) is 49.2 Å². The van der Waals surface area contributed by atoms with Crippen LogP contribution in [-0.4, -0.2) is 31.1 Å². The summed E-state index contributed by atoms with van der Waals surface area (Å²) >= 11 is 0. The first-order valence-corrected chi connectivity index (χ1v) is 6.79. The predicted molar refractivity (Wildman–Crippen MR) is 74.7 cm³/mol. The molecule has 0 saturated heterocycles. The first-order valence-electron chi connectivity index (χ1n) is 6.79. The summed E-state index contributed by atoms with van der Waals surface area (Å²) in [6.07, 6.45) is 1.22. The van der Waals surface area contributed by atoms with Crippen molar-refractivity contribution in [3.8, 4) is 0 Å². The van der Waals surface area contributed by atoms with Crippen LogP contribution in [0.2, 0.25) is 0 Å². The summed E-state index contributed by atoms with van der Waals surface area (Å²) in [5, 5.41) is 3.61. The van der Waals surface area contributed by atoms with Gasteiger partial charge < -0.3 is 10.2 Å². The molecule has 1 atom stereocenters. The number of anilines is 1. The van der Waals surface area contributed by atoms with Crippen LogP contribution in [0.25, 0.3) is 0 Å². The molecule has 94 valence electrons. The zero-order chi connectivity index (χ0) is 12.3. The van der Waals surface area contributed by atoms with Gasteiger partial charge in [-0.05, 0) is 43.5 Å². The Balaban J connectivity index is 2.03. The topological polar surface area (TPSA) is 15.3 Å². The van der Waals surface area contributed by atoms with E-state index in [1.165, 1.54) is 29.8 Å². The Hall–Kier alpha value is -1.02. The highest BCUT2D eigenvalue weighted by molar-refractivity contribution is 5.58. The minimum Gasteiger partial charge on any atom is -0.384 e. The van der Waals surface area contributed by atoms with Crippen LogP contribution in [-0.2, 0) is 6.42 Å². The van der Waals surface area contributed by atoms with Crippen molar-refractivity contribution >= 4 is 5.69 Å². The van der Waals surface area contributed by atoms with Crippen LogP contribution < -0.4 is 5.32 Å². The van der Waals surface area contributed by atoms with E-state index in [4.69, 9.17) is 0 Å². The van der Waals surface area contributed by atoms with Crippen molar-refractivity contribution < 1.29 is 0 Å². The minimum absolute atomic E-state index is 0.754. The van der Waals surface area contributed by atoms with Gasteiger partial charge >= 0.3 is 0 Å². The summed E-state index contributed by atoms with van der Waals surface area (Å²) in [6.45, 7) is 11.3. The lowest BCUT2D eigenvalue weighted by Gasteiger charge is -2.31. The van der Waals surface area contributed by atoms with E-state index in [1.807, 2.05) is 0 Å². The van der Waals surface area contributed by atoms with Crippen LogP contribution in [0.1, 0.15) is 25.0 Å². The number of hydrogen-bond donors (Lipinski definition) is 1. The smallest absolute Gasteiger partial charge is 0.0402 e. The van der Waals surface area contributed by atoms with E-state index >= 15 is 0 Å². The van der Waals surface area contributed by atoms with Gasteiger partial charge in [-0.1, -0.05) is 32.0 Å². The van der Waals surface area contributed by atoms with Crippen molar-refractivity contribution in [3.63, 3.8) is 0 Å². The highest BCUT2D eigenvalue weighted by Crippen LogP contribution is 2.28. The molecule has 2 rings (SSSR count). The second-order valence-electron chi connectivity index (χ2n) is 5.05. The largest absolute Gasteiger partial charge is 0.384 e. The maximum atomic E-state index is 3.61. The van der Waals surface area contributed by atoms with E-state index < -0.39 is 0 Å². The van der Waals surface area contributed by atoms with Crippen LogP contribution in [0, 0.1) is 12.8 Å². The van der Waals surface area contributed by atoms with Gasteiger partial charge in [0, 0.05) is 18.8 Å². The van der Waals surface area contributed by atoms with Crippen molar-refractivity contribution in [1.82, 2.24) is 4.90 Å². The third kappa shape index (κ3) is 2.81. The molecule has 0 aliphatic carbocycles. The van der Waals surface area contributed by atoms with Crippen molar-refractivity contribution in [2.45, 2.75) is 27.2 Å². The molecule has 1 N–H and O–H groups in total. The van der Waals surface area contributed by atoms with E-state index in [1.54, 1.807) is 0 Å². The Morgan fingerprint density at radius 2 is 2.06 bits per heavy atom. The van der Waals surface area contributed by atoms with Gasteiger partial charge in [-0.2, -0.15) is 0 Å². The van der Waals surface area contributed by atoms with Gasteiger partial charge in [0.1, 0.15) is 0 Å². The van der Waals surface area contributed by atoms with Crippen LogP contribution in [0.15, 0.2) is 18.2 Å². The van der Waals surface area contributed by atoms with Gasteiger partial charge in [-0.25, -0.2) is 0 Å². The monoisotopic (exact) mass is 232 g/mol. The normalized spacial score (nSPS) is 18.9. The van der Waals surface area contributed by atoms with Crippen LogP contribution >= 0.6 is 0 Å². The third-order valence-electron chi connectivity index (χ3n) is 3.85. The molecule has 0 aromatic heterocycles. The second-order valence-corrected chi connectivity index (χ2v) is 5.05. The summed E-state index contributed by atoms with van der Waals surface area (Å²) in [7, 11) is 0. The number of aryl methyl sites for hydroxylation is 1. The van der Waals surface area contributed by atoms with Gasteiger partial charge in [0.05, 0.1) is 0 Å². The summed E-state index contributed by atoms with van der Waals surface area (Å²) in [5.41, 5.74) is 4.25. The number of nitrogens with zero attached hydrogens (tertiary/aromatic N) is 1. The Labute approximate surface area is 105 Å². The molecule has 1 unspecified atom stereocenters. The SMILES string of the molecule is CCN(CC)CC1CNc2c(C)cccc2C1. The number of hydrogen-bond acceptors (Lipinski definition) is 2. The average Bonchev–Trinajstić information content (AvgIpc) is 2.36. The molecule has 1 aromatic carbocycles. The maximum absolute atomic E-state index is 3.61. The number of rotatable bonds is 4. The first-order chi connectivity index (χ1) is 8.24. The Bertz CT molecular complexity index is 369. The molecule has 1 heterocycles. The molecular weight excluding hydrogens is 208 g/mol. The Morgan fingerprint density at radius 1 is 1.29 bits per heavy atom. The molecule has 1 aromatic rings. The van der Waals surface area contributed by atoms with Crippen molar-refractivity contribution in [2.24, 2.45) is 5.92 Å². The van der Waals surface area contributed by atoms with E-state index in [-0.39, 0.29) is 0 Å². The van der Waals surface area contributed by atoms with E-state index in [0.29, 0.717) is 0 Å². The molecule has 0 saturated carbocycles. The second kappa shape index (κ2) is 5.54. The summed E-state index contributed by atoms with van der Waals surface area (Å²) in [5.74, 6) is 0.754. The molecule has 0 amide bonds. The minimum atomic E-state index is 0.754. The molecule has 0 radical (unpaired) electrons. The molecule has 17 heavy (non-hydrogen) atoms. The molecule has 1 aliphatic rings. The zero-order valence-corrected chi connectivity index (χ0v) is 11.3. The molecule has 2 nitrogen and oxygen atoms in total. The van der Waals surface area contributed by atoms with Crippen molar-refractivity contribution in [2.75, 3.05) is 31.5 Å². The highest BCUT2D eigenvalue weighted by Gasteiger charge is 2.20. The lowest BCUT2D eigenvalue weighted by molar-refractivity contribution is 0.254. The summed E-state index contributed by atoms with van der Waals surface area (Å²) in [4.78, 5) is 2.52. The van der Waals surface area contributed by atoms with Crippen LogP contribution in [0.3, 0.4) is 0 Å². The maximum Gasteiger partial charge on any atom is 0.0402 e. The molecule has 1 aliphatic heterocycles. The predicted octanol–water partition coefficient (Wildman–Crippen LogP) is 2.92. The fourth-order valence-corrected chi connectivity index (χ4v) is 2.76.